The van der Waals surface area contributed by atoms with E-state index in [1.54, 1.807) is 0 Å². The van der Waals surface area contributed by atoms with Gasteiger partial charge in [0.15, 0.2) is 0 Å². The first-order chi connectivity index (χ1) is 15.9. The number of nitrogens with zero attached hydrogens (tertiary/aromatic N) is 4. The van der Waals surface area contributed by atoms with Gasteiger partial charge < -0.3 is 15.1 Å². The van der Waals surface area contributed by atoms with Gasteiger partial charge in [-0.25, -0.2) is 9.97 Å². The van der Waals surface area contributed by atoms with Crippen LogP contribution in [-0.4, -0.2) is 47.8 Å². The van der Waals surface area contributed by atoms with Crippen molar-refractivity contribution in [3.63, 3.8) is 0 Å². The topological polar surface area (TPSA) is 61.4 Å². The minimum atomic E-state index is -4.46. The number of halogens is 3. The van der Waals surface area contributed by atoms with Gasteiger partial charge in [-0.05, 0) is 30.3 Å². The van der Waals surface area contributed by atoms with E-state index in [1.165, 1.54) is 35.9 Å². The van der Waals surface area contributed by atoms with Gasteiger partial charge in [0.2, 0.25) is 5.91 Å². The molecule has 10 heteroatoms. The van der Waals surface area contributed by atoms with Crippen LogP contribution >= 0.6 is 11.8 Å². The molecule has 0 radical (unpaired) electrons. The molecule has 4 rings (SSSR count). The third-order valence-electron chi connectivity index (χ3n) is 5.18. The molecule has 33 heavy (non-hydrogen) atoms. The summed E-state index contributed by atoms with van der Waals surface area (Å²) in [4.78, 5) is 25.3. The van der Waals surface area contributed by atoms with Crippen LogP contribution in [-0.2, 0) is 11.0 Å². The highest BCUT2D eigenvalue weighted by molar-refractivity contribution is 7.99. The number of piperazine rings is 1. The zero-order valence-corrected chi connectivity index (χ0v) is 18.4. The summed E-state index contributed by atoms with van der Waals surface area (Å²) in [6, 6.07) is 16.7. The summed E-state index contributed by atoms with van der Waals surface area (Å²) in [5.74, 6) is 0.406. The van der Waals surface area contributed by atoms with E-state index in [2.05, 4.69) is 37.2 Å². The average Bonchev–Trinajstić information content (AvgIpc) is 2.83. The Kier molecular flexibility index (Phi) is 7.02. The standard InChI is InChI=1S/C23H22F3N5OS/c24-23(25,26)17-5-4-6-18(13-17)29-21(32)15-33-22-14-20(27-16-28-22)31-11-9-30(10-12-31)19-7-2-1-3-8-19/h1-8,13-14,16H,9-12,15H2,(H,29,32). The number of hydrogen-bond donors (Lipinski definition) is 1. The van der Waals surface area contributed by atoms with Crippen LogP contribution in [0.1, 0.15) is 5.56 Å². The molecule has 1 N–H and O–H groups in total. The first-order valence-electron chi connectivity index (χ1n) is 10.4. The molecule has 2 aromatic carbocycles. The number of hydrogen-bond acceptors (Lipinski definition) is 6. The van der Waals surface area contributed by atoms with E-state index >= 15 is 0 Å². The molecule has 0 saturated carbocycles. The Morgan fingerprint density at radius 2 is 1.67 bits per heavy atom. The number of para-hydroxylation sites is 1. The lowest BCUT2D eigenvalue weighted by atomic mass is 10.2. The molecule has 1 amide bonds. The van der Waals surface area contributed by atoms with Gasteiger partial charge in [-0.2, -0.15) is 13.2 Å². The molecule has 1 saturated heterocycles. The SMILES string of the molecule is O=C(CSc1cc(N2CCN(c3ccccc3)CC2)ncn1)Nc1cccc(C(F)(F)F)c1. The number of aromatic nitrogens is 2. The van der Waals surface area contributed by atoms with Gasteiger partial charge in [-0.3, -0.25) is 4.79 Å². The van der Waals surface area contributed by atoms with E-state index in [0.717, 1.165) is 44.1 Å². The van der Waals surface area contributed by atoms with Crippen LogP contribution in [0.4, 0.5) is 30.4 Å². The second-order valence-corrected chi connectivity index (χ2v) is 8.44. The maximum atomic E-state index is 12.8. The third-order valence-corrected chi connectivity index (χ3v) is 6.10. The van der Waals surface area contributed by atoms with Crippen molar-refractivity contribution >= 4 is 34.9 Å². The maximum absolute atomic E-state index is 12.8. The third kappa shape index (κ3) is 6.16. The fourth-order valence-corrected chi connectivity index (χ4v) is 4.19. The smallest absolute Gasteiger partial charge is 0.368 e. The highest BCUT2D eigenvalue weighted by Gasteiger charge is 2.30. The number of carbonyl (C=O) groups is 1. The van der Waals surface area contributed by atoms with Crippen molar-refractivity contribution in [3.05, 3.63) is 72.6 Å². The Labute approximate surface area is 193 Å². The second-order valence-electron chi connectivity index (χ2n) is 7.44. The van der Waals surface area contributed by atoms with Gasteiger partial charge in [-0.15, -0.1) is 0 Å². The van der Waals surface area contributed by atoms with Gasteiger partial charge in [0, 0.05) is 43.6 Å². The zero-order chi connectivity index (χ0) is 23.3. The number of rotatable bonds is 6. The van der Waals surface area contributed by atoms with Crippen molar-refractivity contribution in [2.45, 2.75) is 11.2 Å². The minimum Gasteiger partial charge on any atom is -0.368 e. The van der Waals surface area contributed by atoms with Gasteiger partial charge in [0.05, 0.1) is 11.3 Å². The van der Waals surface area contributed by atoms with Gasteiger partial charge in [0.25, 0.3) is 0 Å². The van der Waals surface area contributed by atoms with E-state index < -0.39 is 17.6 Å². The number of amides is 1. The van der Waals surface area contributed by atoms with Crippen molar-refractivity contribution < 1.29 is 18.0 Å². The molecule has 3 aromatic rings. The van der Waals surface area contributed by atoms with E-state index in [-0.39, 0.29) is 11.4 Å². The fraction of sp³-hybridized carbons (Fsp3) is 0.261. The van der Waals surface area contributed by atoms with Crippen LogP contribution in [0, 0.1) is 0 Å². The molecule has 2 heterocycles. The molecular formula is C23H22F3N5OS. The maximum Gasteiger partial charge on any atom is 0.416 e. The Balaban J connectivity index is 1.30. The Morgan fingerprint density at radius 3 is 2.39 bits per heavy atom. The van der Waals surface area contributed by atoms with Crippen molar-refractivity contribution in [2.24, 2.45) is 0 Å². The number of benzene rings is 2. The quantitative estimate of drug-likeness (QED) is 0.419. The minimum absolute atomic E-state index is 0.0223. The first kappa shape index (κ1) is 22.9. The van der Waals surface area contributed by atoms with E-state index in [4.69, 9.17) is 0 Å². The van der Waals surface area contributed by atoms with Crippen molar-refractivity contribution in [1.29, 1.82) is 0 Å². The van der Waals surface area contributed by atoms with Crippen LogP contribution in [0.3, 0.4) is 0 Å². The summed E-state index contributed by atoms with van der Waals surface area (Å²) >= 11 is 1.21. The van der Waals surface area contributed by atoms with Crippen molar-refractivity contribution in [3.8, 4) is 0 Å². The summed E-state index contributed by atoms with van der Waals surface area (Å²) < 4.78 is 38.5. The van der Waals surface area contributed by atoms with E-state index in [0.29, 0.717) is 5.03 Å². The summed E-state index contributed by atoms with van der Waals surface area (Å²) in [6.45, 7) is 3.36. The molecule has 0 atom stereocenters. The van der Waals surface area contributed by atoms with Crippen LogP contribution < -0.4 is 15.1 Å². The van der Waals surface area contributed by atoms with Gasteiger partial charge in [-0.1, -0.05) is 36.0 Å². The number of carbonyl (C=O) groups excluding carboxylic acids is 1. The molecule has 0 unspecified atom stereocenters. The molecule has 172 valence electrons. The summed E-state index contributed by atoms with van der Waals surface area (Å²) in [5.41, 5.74) is 0.499. The molecular weight excluding hydrogens is 451 g/mol. The average molecular weight is 474 g/mol. The molecule has 0 aliphatic carbocycles. The van der Waals surface area contributed by atoms with E-state index in [1.807, 2.05) is 24.3 Å². The highest BCUT2D eigenvalue weighted by Crippen LogP contribution is 2.30. The molecule has 1 aliphatic rings. The lowest BCUT2D eigenvalue weighted by Gasteiger charge is -2.36. The number of thioether (sulfide) groups is 1. The van der Waals surface area contributed by atoms with Gasteiger partial charge >= 0.3 is 6.18 Å². The largest absolute Gasteiger partial charge is 0.416 e. The fourth-order valence-electron chi connectivity index (χ4n) is 3.52. The lowest BCUT2D eigenvalue weighted by Crippen LogP contribution is -2.46. The molecule has 1 aliphatic heterocycles. The van der Waals surface area contributed by atoms with E-state index in [9.17, 15) is 18.0 Å². The predicted molar refractivity (Wildman–Crippen MR) is 124 cm³/mol. The monoisotopic (exact) mass is 473 g/mol. The highest BCUT2D eigenvalue weighted by atomic mass is 32.2. The zero-order valence-electron chi connectivity index (χ0n) is 17.6. The number of nitrogens with one attached hydrogen (secondary N) is 1. The molecule has 6 nitrogen and oxygen atoms in total. The summed E-state index contributed by atoms with van der Waals surface area (Å²) in [7, 11) is 0. The molecule has 1 aromatic heterocycles. The molecule has 0 bridgehead atoms. The van der Waals surface area contributed by atoms with Crippen LogP contribution in [0.5, 0.6) is 0 Å². The Bertz CT molecular complexity index is 1090. The summed E-state index contributed by atoms with van der Waals surface area (Å²) in [5, 5.41) is 3.13. The predicted octanol–water partition coefficient (Wildman–Crippen LogP) is 4.55. The lowest BCUT2D eigenvalue weighted by molar-refractivity contribution is -0.137. The first-order valence-corrected chi connectivity index (χ1v) is 11.3. The van der Waals surface area contributed by atoms with Crippen LogP contribution in [0.25, 0.3) is 0 Å². The molecule has 1 fully saturated rings. The summed E-state index contributed by atoms with van der Waals surface area (Å²) in [6.07, 6.45) is -2.99. The molecule has 0 spiro atoms. The second kappa shape index (κ2) is 10.1. The van der Waals surface area contributed by atoms with Crippen LogP contribution in [0.2, 0.25) is 0 Å². The van der Waals surface area contributed by atoms with Crippen molar-refractivity contribution in [1.82, 2.24) is 9.97 Å². The number of alkyl halides is 3. The van der Waals surface area contributed by atoms with Crippen molar-refractivity contribution in [2.75, 3.05) is 47.0 Å². The normalized spacial score (nSPS) is 14.3. The van der Waals surface area contributed by atoms with Crippen LogP contribution in [0.15, 0.2) is 72.0 Å². The Hall–Kier alpha value is -3.27. The number of anilines is 3. The Morgan fingerprint density at radius 1 is 0.939 bits per heavy atom. The van der Waals surface area contributed by atoms with Gasteiger partial charge in [0.1, 0.15) is 17.2 Å².